The molecule has 15 heavy (non-hydrogen) atoms. The molecule has 3 atom stereocenters. The average Bonchev–Trinajstić information content (AvgIpc) is 2.12. The molecule has 0 rings (SSSR count). The Morgan fingerprint density at radius 2 is 1.80 bits per heavy atom. The van der Waals surface area contributed by atoms with E-state index in [1.807, 2.05) is 20.8 Å². The molecule has 0 spiro atoms. The summed E-state index contributed by atoms with van der Waals surface area (Å²) in [6, 6.07) is 0.369. The van der Waals surface area contributed by atoms with Crippen LogP contribution in [0.15, 0.2) is 0 Å². The zero-order valence-corrected chi connectivity index (χ0v) is 10.7. The number of nitrogens with one attached hydrogen (secondary N) is 1. The molecule has 0 bridgehead atoms. The largest absolute Gasteiger partial charge is 0.392 e. The van der Waals surface area contributed by atoms with E-state index in [-0.39, 0.29) is 5.92 Å². The van der Waals surface area contributed by atoms with Crippen molar-refractivity contribution in [3.8, 4) is 0 Å². The van der Waals surface area contributed by atoms with Crippen LogP contribution in [0.5, 0.6) is 0 Å². The first-order chi connectivity index (χ1) is 6.79. The molecule has 0 aromatic rings. The summed E-state index contributed by atoms with van der Waals surface area (Å²) < 4.78 is 0. The van der Waals surface area contributed by atoms with Crippen LogP contribution >= 0.6 is 0 Å². The highest BCUT2D eigenvalue weighted by molar-refractivity contribution is 4.82. The first-order valence-electron chi connectivity index (χ1n) is 5.93. The Bertz CT molecular complexity index is 169. The fourth-order valence-electron chi connectivity index (χ4n) is 1.56. The van der Waals surface area contributed by atoms with E-state index in [9.17, 15) is 10.2 Å². The Kier molecular flexibility index (Phi) is 6.41. The van der Waals surface area contributed by atoms with Gasteiger partial charge < -0.3 is 15.5 Å². The van der Waals surface area contributed by atoms with Crippen molar-refractivity contribution in [2.45, 2.75) is 65.2 Å². The predicted octanol–water partition coefficient (Wildman–Crippen LogP) is 1.53. The van der Waals surface area contributed by atoms with Gasteiger partial charge in [0.15, 0.2) is 0 Å². The van der Waals surface area contributed by atoms with E-state index in [0.717, 1.165) is 6.42 Å². The minimum atomic E-state index is -0.771. The van der Waals surface area contributed by atoms with E-state index in [2.05, 4.69) is 12.2 Å². The fourth-order valence-corrected chi connectivity index (χ4v) is 1.56. The Morgan fingerprint density at radius 3 is 2.20 bits per heavy atom. The quantitative estimate of drug-likeness (QED) is 0.606. The van der Waals surface area contributed by atoms with Crippen LogP contribution in [0.25, 0.3) is 0 Å². The smallest absolute Gasteiger partial charge is 0.0692 e. The maximum atomic E-state index is 10.1. The van der Waals surface area contributed by atoms with E-state index >= 15 is 0 Å². The van der Waals surface area contributed by atoms with Gasteiger partial charge in [-0.2, -0.15) is 0 Å². The number of hydrogen-bond acceptors (Lipinski definition) is 3. The van der Waals surface area contributed by atoms with Crippen molar-refractivity contribution in [3.63, 3.8) is 0 Å². The summed E-state index contributed by atoms with van der Waals surface area (Å²) in [5.41, 5.74) is -0.771. The van der Waals surface area contributed by atoms with Crippen LogP contribution in [-0.4, -0.2) is 34.5 Å². The third-order valence-corrected chi connectivity index (χ3v) is 3.08. The van der Waals surface area contributed by atoms with Crippen LogP contribution in [0, 0.1) is 5.92 Å². The van der Waals surface area contributed by atoms with Crippen LogP contribution in [0.3, 0.4) is 0 Å². The number of aliphatic hydroxyl groups is 2. The maximum Gasteiger partial charge on any atom is 0.0692 e. The lowest BCUT2D eigenvalue weighted by Gasteiger charge is -2.32. The standard InChI is InChI=1S/C12H27NO2/c1-6-10(4)12(5,15)7-11(14)8-13-9(2)3/h9-11,13-15H,6-8H2,1-5H3/t10-,11-,12-/m0/s1. The third-order valence-electron chi connectivity index (χ3n) is 3.08. The van der Waals surface area contributed by atoms with Crippen LogP contribution in [0.2, 0.25) is 0 Å². The molecule has 0 unspecified atom stereocenters. The molecule has 0 aliphatic rings. The predicted molar refractivity (Wildman–Crippen MR) is 63.8 cm³/mol. The van der Waals surface area contributed by atoms with E-state index in [4.69, 9.17) is 0 Å². The Hall–Kier alpha value is -0.120. The maximum absolute atomic E-state index is 10.1. The molecule has 3 N–H and O–H groups in total. The summed E-state index contributed by atoms with van der Waals surface area (Å²) in [5, 5.41) is 23.1. The molecule has 3 nitrogen and oxygen atoms in total. The summed E-state index contributed by atoms with van der Waals surface area (Å²) in [5.74, 6) is 0.214. The molecule has 0 amide bonds. The van der Waals surface area contributed by atoms with Gasteiger partial charge in [-0.1, -0.05) is 34.1 Å². The summed E-state index contributed by atoms with van der Waals surface area (Å²) in [7, 11) is 0. The zero-order chi connectivity index (χ0) is 12.1. The third kappa shape index (κ3) is 6.13. The van der Waals surface area contributed by atoms with Gasteiger partial charge in [0, 0.05) is 19.0 Å². The van der Waals surface area contributed by atoms with Crippen LogP contribution < -0.4 is 5.32 Å². The van der Waals surface area contributed by atoms with Crippen molar-refractivity contribution < 1.29 is 10.2 Å². The van der Waals surface area contributed by atoms with Crippen LogP contribution in [-0.2, 0) is 0 Å². The minimum Gasteiger partial charge on any atom is -0.392 e. The molecule has 3 heteroatoms. The van der Waals surface area contributed by atoms with E-state index in [1.165, 1.54) is 0 Å². The molecule has 0 heterocycles. The van der Waals surface area contributed by atoms with Crippen molar-refractivity contribution in [2.75, 3.05) is 6.54 Å². The Labute approximate surface area is 93.9 Å². The molecule has 92 valence electrons. The van der Waals surface area contributed by atoms with Crippen molar-refractivity contribution in [1.82, 2.24) is 5.32 Å². The highest BCUT2D eigenvalue weighted by Gasteiger charge is 2.29. The number of aliphatic hydroxyl groups excluding tert-OH is 1. The molecule has 0 aromatic carbocycles. The summed E-state index contributed by atoms with van der Waals surface area (Å²) >= 11 is 0. The van der Waals surface area contributed by atoms with Gasteiger partial charge in [-0.25, -0.2) is 0 Å². The van der Waals surface area contributed by atoms with Crippen molar-refractivity contribution >= 4 is 0 Å². The Balaban J connectivity index is 3.98. The topological polar surface area (TPSA) is 52.5 Å². The first-order valence-corrected chi connectivity index (χ1v) is 5.93. The van der Waals surface area contributed by atoms with Gasteiger partial charge >= 0.3 is 0 Å². The molecule has 0 radical (unpaired) electrons. The normalized spacial score (nSPS) is 20.0. The highest BCUT2D eigenvalue weighted by atomic mass is 16.3. The van der Waals surface area contributed by atoms with Gasteiger partial charge in [-0.15, -0.1) is 0 Å². The van der Waals surface area contributed by atoms with Gasteiger partial charge in [0.05, 0.1) is 11.7 Å². The van der Waals surface area contributed by atoms with E-state index in [0.29, 0.717) is 19.0 Å². The molecular formula is C12H27NO2. The van der Waals surface area contributed by atoms with Gasteiger partial charge in [0.2, 0.25) is 0 Å². The minimum absolute atomic E-state index is 0.214. The van der Waals surface area contributed by atoms with Crippen LogP contribution in [0.4, 0.5) is 0 Å². The molecule has 0 saturated carbocycles. The zero-order valence-electron chi connectivity index (χ0n) is 10.7. The molecule has 0 saturated heterocycles. The lowest BCUT2D eigenvalue weighted by Crippen LogP contribution is -2.41. The lowest BCUT2D eigenvalue weighted by molar-refractivity contribution is -0.0371. The van der Waals surface area contributed by atoms with Gasteiger partial charge in [0.25, 0.3) is 0 Å². The summed E-state index contributed by atoms with van der Waals surface area (Å²) in [6.45, 7) is 10.5. The summed E-state index contributed by atoms with van der Waals surface area (Å²) in [6.07, 6.45) is 0.885. The van der Waals surface area contributed by atoms with Crippen molar-refractivity contribution in [3.05, 3.63) is 0 Å². The van der Waals surface area contributed by atoms with Crippen LogP contribution in [0.1, 0.15) is 47.5 Å². The number of rotatable bonds is 7. The Morgan fingerprint density at radius 1 is 1.27 bits per heavy atom. The van der Waals surface area contributed by atoms with Gasteiger partial charge in [0.1, 0.15) is 0 Å². The second-order valence-electron chi connectivity index (χ2n) is 5.09. The first kappa shape index (κ1) is 14.9. The number of hydrogen-bond donors (Lipinski definition) is 3. The van der Waals surface area contributed by atoms with E-state index < -0.39 is 11.7 Å². The van der Waals surface area contributed by atoms with E-state index in [1.54, 1.807) is 6.92 Å². The molecule has 0 aliphatic carbocycles. The van der Waals surface area contributed by atoms with Crippen molar-refractivity contribution in [1.29, 1.82) is 0 Å². The second kappa shape index (κ2) is 6.46. The van der Waals surface area contributed by atoms with Gasteiger partial charge in [-0.3, -0.25) is 0 Å². The second-order valence-corrected chi connectivity index (χ2v) is 5.09. The monoisotopic (exact) mass is 217 g/mol. The SMILES string of the molecule is CC[C@H](C)[C@@](C)(O)C[C@H](O)CNC(C)C. The molecular weight excluding hydrogens is 190 g/mol. The summed E-state index contributed by atoms with van der Waals surface area (Å²) in [4.78, 5) is 0. The van der Waals surface area contributed by atoms with Crippen molar-refractivity contribution in [2.24, 2.45) is 5.92 Å². The highest BCUT2D eigenvalue weighted by Crippen LogP contribution is 2.24. The molecule has 0 aromatic heterocycles. The fraction of sp³-hybridized carbons (Fsp3) is 1.00. The molecule has 0 fully saturated rings. The lowest BCUT2D eigenvalue weighted by atomic mass is 9.84. The molecule has 0 aliphatic heterocycles. The van der Waals surface area contributed by atoms with Gasteiger partial charge in [-0.05, 0) is 12.8 Å². The average molecular weight is 217 g/mol.